The molecule has 1 aliphatic heterocycles. The molecule has 0 aliphatic carbocycles. The topological polar surface area (TPSA) is 29.5 Å². The van der Waals surface area contributed by atoms with Crippen molar-refractivity contribution >= 4 is 25.0 Å². The van der Waals surface area contributed by atoms with Crippen molar-refractivity contribution in [3.05, 3.63) is 71.6 Å². The fraction of sp³-hybridized carbons (Fsp3) is 0.211. The first-order valence-electron chi connectivity index (χ1n) is 7.83. The maximum Gasteiger partial charge on any atom is 0.410 e. The zero-order valence-electron chi connectivity index (χ0n) is 13.2. The Morgan fingerprint density at radius 3 is 2.67 bits per heavy atom. The van der Waals surface area contributed by atoms with Crippen molar-refractivity contribution in [2.75, 3.05) is 13.1 Å². The lowest BCUT2D eigenvalue weighted by atomic mass is 9.91. The first-order valence-corrected chi connectivity index (χ1v) is 7.83. The van der Waals surface area contributed by atoms with Crippen molar-refractivity contribution in [1.82, 2.24) is 4.90 Å². The van der Waals surface area contributed by atoms with Gasteiger partial charge in [-0.2, -0.15) is 0 Å². The van der Waals surface area contributed by atoms with Gasteiger partial charge in [-0.25, -0.2) is 9.18 Å². The number of hydrogen-bond donors (Lipinski definition) is 0. The maximum atomic E-state index is 14.0. The van der Waals surface area contributed by atoms with Gasteiger partial charge in [-0.15, -0.1) is 0 Å². The summed E-state index contributed by atoms with van der Waals surface area (Å²) in [7, 11) is 5.57. The van der Waals surface area contributed by atoms with Crippen LogP contribution in [0.3, 0.4) is 0 Å². The number of amides is 1. The zero-order valence-corrected chi connectivity index (χ0v) is 13.2. The van der Waals surface area contributed by atoms with Crippen LogP contribution in [0.2, 0.25) is 0 Å². The van der Waals surface area contributed by atoms with E-state index in [0.29, 0.717) is 30.5 Å². The lowest BCUT2D eigenvalue weighted by Crippen LogP contribution is -2.35. The Bertz CT molecular complexity index is 761. The number of nitrogens with zero attached hydrogens (tertiary/aromatic N) is 1. The standard InChI is InChI=1S/C19H17BFNO2/c20-16-6-7-17(18(21)12-16)15-8-10-22(11-9-15)19(23)24-13-14-4-2-1-3-5-14/h1-8,12H,9-11,13H2. The lowest BCUT2D eigenvalue weighted by Gasteiger charge is -2.26. The quantitative estimate of drug-likeness (QED) is 0.813. The molecule has 2 aromatic rings. The molecule has 1 aliphatic rings. The first-order chi connectivity index (χ1) is 11.6. The third kappa shape index (κ3) is 3.85. The molecule has 3 nitrogen and oxygen atoms in total. The van der Waals surface area contributed by atoms with Crippen molar-refractivity contribution in [3.8, 4) is 0 Å². The van der Waals surface area contributed by atoms with E-state index in [4.69, 9.17) is 12.6 Å². The summed E-state index contributed by atoms with van der Waals surface area (Å²) in [6, 6.07) is 14.2. The number of rotatable bonds is 3. The van der Waals surface area contributed by atoms with E-state index in [-0.39, 0.29) is 18.5 Å². The highest BCUT2D eigenvalue weighted by atomic mass is 19.1. The second-order valence-electron chi connectivity index (χ2n) is 5.70. The molecular weight excluding hydrogens is 304 g/mol. The second-order valence-corrected chi connectivity index (χ2v) is 5.70. The summed E-state index contributed by atoms with van der Waals surface area (Å²) in [6.45, 7) is 1.16. The minimum absolute atomic E-state index is 0.249. The van der Waals surface area contributed by atoms with Crippen LogP contribution in [0.5, 0.6) is 0 Å². The summed E-state index contributed by atoms with van der Waals surface area (Å²) >= 11 is 0. The molecule has 24 heavy (non-hydrogen) atoms. The van der Waals surface area contributed by atoms with E-state index < -0.39 is 0 Å². The molecule has 2 aromatic carbocycles. The summed E-state index contributed by atoms with van der Waals surface area (Å²) in [5.74, 6) is -0.332. The van der Waals surface area contributed by atoms with Gasteiger partial charge in [0, 0.05) is 18.7 Å². The zero-order chi connectivity index (χ0) is 16.9. The Hall–Kier alpha value is -2.56. The second kappa shape index (κ2) is 7.34. The Kier molecular flexibility index (Phi) is 4.99. The minimum Gasteiger partial charge on any atom is -0.445 e. The Balaban J connectivity index is 1.59. The van der Waals surface area contributed by atoms with Crippen molar-refractivity contribution in [1.29, 1.82) is 0 Å². The third-order valence-corrected chi connectivity index (χ3v) is 4.01. The van der Waals surface area contributed by atoms with Crippen LogP contribution in [0, 0.1) is 5.82 Å². The van der Waals surface area contributed by atoms with E-state index >= 15 is 0 Å². The number of benzene rings is 2. The van der Waals surface area contributed by atoms with Crippen molar-refractivity contribution < 1.29 is 13.9 Å². The molecule has 0 saturated carbocycles. The summed E-state index contributed by atoms with van der Waals surface area (Å²) in [5, 5.41) is 0. The Labute approximate surface area is 142 Å². The predicted octanol–water partition coefficient (Wildman–Crippen LogP) is 3.05. The molecule has 0 atom stereocenters. The van der Waals surface area contributed by atoms with Gasteiger partial charge in [-0.1, -0.05) is 54.0 Å². The van der Waals surface area contributed by atoms with E-state index in [0.717, 1.165) is 11.1 Å². The number of carbonyl (C=O) groups is 1. The average Bonchev–Trinajstić information content (AvgIpc) is 2.61. The molecule has 1 amide bonds. The van der Waals surface area contributed by atoms with Crippen LogP contribution in [0.15, 0.2) is 54.6 Å². The third-order valence-electron chi connectivity index (χ3n) is 4.01. The van der Waals surface area contributed by atoms with Crippen molar-refractivity contribution in [2.45, 2.75) is 13.0 Å². The van der Waals surface area contributed by atoms with Gasteiger partial charge in [0.15, 0.2) is 0 Å². The Morgan fingerprint density at radius 2 is 2.00 bits per heavy atom. The summed E-state index contributed by atoms with van der Waals surface area (Å²) in [4.78, 5) is 13.7. The maximum absolute atomic E-state index is 14.0. The molecular formula is C19H17BFNO2. The SMILES string of the molecule is [B]c1ccc(C2=CCN(C(=O)OCc3ccccc3)CC2)c(F)c1. The van der Waals surface area contributed by atoms with Crippen LogP contribution in [0.1, 0.15) is 17.5 Å². The van der Waals surface area contributed by atoms with Gasteiger partial charge in [-0.05, 0) is 23.6 Å². The van der Waals surface area contributed by atoms with E-state index in [2.05, 4.69) is 0 Å². The molecule has 0 N–H and O–H groups in total. The van der Waals surface area contributed by atoms with E-state index in [1.807, 2.05) is 36.4 Å². The molecule has 0 unspecified atom stereocenters. The number of halogens is 1. The van der Waals surface area contributed by atoms with Crippen LogP contribution in [0.4, 0.5) is 9.18 Å². The van der Waals surface area contributed by atoms with E-state index in [9.17, 15) is 9.18 Å². The number of ether oxygens (including phenoxy) is 1. The molecule has 0 saturated heterocycles. The van der Waals surface area contributed by atoms with Crippen LogP contribution in [-0.4, -0.2) is 31.9 Å². The van der Waals surface area contributed by atoms with Gasteiger partial charge >= 0.3 is 6.09 Å². The van der Waals surface area contributed by atoms with Gasteiger partial charge in [0.2, 0.25) is 0 Å². The van der Waals surface area contributed by atoms with E-state index in [1.165, 1.54) is 6.07 Å². The van der Waals surface area contributed by atoms with Crippen LogP contribution in [-0.2, 0) is 11.3 Å². The predicted molar refractivity (Wildman–Crippen MR) is 92.6 cm³/mol. The summed E-state index contributed by atoms with van der Waals surface area (Å²) < 4.78 is 19.3. The van der Waals surface area contributed by atoms with E-state index in [1.54, 1.807) is 17.0 Å². The molecule has 2 radical (unpaired) electrons. The number of carbonyl (C=O) groups excluding carboxylic acids is 1. The number of hydrogen-bond acceptors (Lipinski definition) is 2. The molecule has 5 heteroatoms. The molecule has 120 valence electrons. The molecule has 0 aromatic heterocycles. The average molecular weight is 321 g/mol. The van der Waals surface area contributed by atoms with Crippen LogP contribution >= 0.6 is 0 Å². The molecule has 0 bridgehead atoms. The smallest absolute Gasteiger partial charge is 0.410 e. The minimum atomic E-state index is -0.355. The molecule has 0 spiro atoms. The fourth-order valence-corrected chi connectivity index (χ4v) is 2.68. The molecule has 0 fully saturated rings. The van der Waals surface area contributed by atoms with Crippen molar-refractivity contribution in [2.24, 2.45) is 0 Å². The lowest BCUT2D eigenvalue weighted by molar-refractivity contribution is 0.0998. The monoisotopic (exact) mass is 321 g/mol. The van der Waals surface area contributed by atoms with Crippen LogP contribution in [0.25, 0.3) is 5.57 Å². The van der Waals surface area contributed by atoms with Gasteiger partial charge in [0.1, 0.15) is 20.3 Å². The van der Waals surface area contributed by atoms with Gasteiger partial charge in [0.25, 0.3) is 0 Å². The molecule has 3 rings (SSSR count). The first kappa shape index (κ1) is 16.3. The highest BCUT2D eigenvalue weighted by molar-refractivity contribution is 6.32. The van der Waals surface area contributed by atoms with Gasteiger partial charge < -0.3 is 9.64 Å². The van der Waals surface area contributed by atoms with Crippen LogP contribution < -0.4 is 5.46 Å². The summed E-state index contributed by atoms with van der Waals surface area (Å²) in [6.07, 6.45) is 2.09. The van der Waals surface area contributed by atoms with Gasteiger partial charge in [0.05, 0.1) is 0 Å². The summed E-state index contributed by atoms with van der Waals surface area (Å²) in [5.41, 5.74) is 2.78. The highest BCUT2D eigenvalue weighted by Crippen LogP contribution is 2.24. The fourth-order valence-electron chi connectivity index (χ4n) is 2.68. The Morgan fingerprint density at radius 1 is 1.21 bits per heavy atom. The van der Waals surface area contributed by atoms with Crippen molar-refractivity contribution in [3.63, 3.8) is 0 Å². The normalized spacial score (nSPS) is 14.2. The largest absolute Gasteiger partial charge is 0.445 e. The molecule has 1 heterocycles. The highest BCUT2D eigenvalue weighted by Gasteiger charge is 2.20. The van der Waals surface area contributed by atoms with Gasteiger partial charge in [-0.3, -0.25) is 0 Å².